The summed E-state index contributed by atoms with van der Waals surface area (Å²) in [5.41, 5.74) is 0.496. The zero-order valence-corrected chi connectivity index (χ0v) is 8.10. The maximum atomic E-state index is 11.3. The molecule has 0 heterocycles. The van der Waals surface area contributed by atoms with Crippen LogP contribution in [0.25, 0.3) is 6.08 Å². The molecule has 15 heavy (non-hydrogen) atoms. The third-order valence-corrected chi connectivity index (χ3v) is 1.87. The van der Waals surface area contributed by atoms with Crippen LogP contribution in [-0.2, 0) is 4.74 Å². The number of carbonyl (C=O) groups excluding carboxylic acids is 1. The van der Waals surface area contributed by atoms with Gasteiger partial charge >= 0.3 is 5.97 Å². The average molecular weight is 207 g/mol. The van der Waals surface area contributed by atoms with Crippen molar-refractivity contribution >= 4 is 17.7 Å². The molecule has 0 aliphatic rings. The van der Waals surface area contributed by atoms with E-state index in [0.717, 1.165) is 0 Å². The van der Waals surface area contributed by atoms with Crippen molar-refractivity contribution in [3.63, 3.8) is 0 Å². The summed E-state index contributed by atoms with van der Waals surface area (Å²) in [5, 5.41) is 10.5. The van der Waals surface area contributed by atoms with Crippen molar-refractivity contribution in [3.8, 4) is 0 Å². The number of methoxy groups -OCH3 is 1. The summed E-state index contributed by atoms with van der Waals surface area (Å²) in [6.07, 6.45) is 1.44. The molecular formula is C10H9NO4. The van der Waals surface area contributed by atoms with Crippen LogP contribution >= 0.6 is 0 Å². The van der Waals surface area contributed by atoms with E-state index < -0.39 is 10.9 Å². The van der Waals surface area contributed by atoms with Gasteiger partial charge in [-0.1, -0.05) is 12.7 Å². The minimum atomic E-state index is -0.617. The first-order chi connectivity index (χ1) is 7.10. The van der Waals surface area contributed by atoms with E-state index in [1.54, 1.807) is 0 Å². The Hall–Kier alpha value is -2.17. The minimum Gasteiger partial charge on any atom is -0.465 e. The number of nitro groups is 1. The molecule has 78 valence electrons. The molecule has 0 unspecified atom stereocenters. The van der Waals surface area contributed by atoms with Gasteiger partial charge in [-0.05, 0) is 11.6 Å². The Kier molecular flexibility index (Phi) is 3.17. The fourth-order valence-corrected chi connectivity index (χ4v) is 1.12. The van der Waals surface area contributed by atoms with E-state index in [1.807, 2.05) is 0 Å². The number of non-ortho nitro benzene ring substituents is 1. The quantitative estimate of drug-likeness (QED) is 0.432. The van der Waals surface area contributed by atoms with Crippen molar-refractivity contribution in [1.29, 1.82) is 0 Å². The van der Waals surface area contributed by atoms with Crippen LogP contribution in [-0.4, -0.2) is 18.0 Å². The highest BCUT2D eigenvalue weighted by atomic mass is 16.6. The number of esters is 1. The predicted octanol–water partition coefficient (Wildman–Crippen LogP) is 2.02. The van der Waals surface area contributed by atoms with E-state index in [-0.39, 0.29) is 11.3 Å². The number of ether oxygens (including phenoxy) is 1. The fourth-order valence-electron chi connectivity index (χ4n) is 1.12. The van der Waals surface area contributed by atoms with Crippen molar-refractivity contribution in [2.45, 2.75) is 0 Å². The van der Waals surface area contributed by atoms with E-state index in [1.165, 1.54) is 31.4 Å². The molecule has 0 spiro atoms. The maximum absolute atomic E-state index is 11.3. The summed E-state index contributed by atoms with van der Waals surface area (Å²) in [7, 11) is 1.22. The Morgan fingerprint density at radius 1 is 1.60 bits per heavy atom. The standard InChI is InChI=1S/C10H9NO4/c1-3-7-4-5-8(11(13)14)6-9(7)10(12)15-2/h3-6H,1H2,2H3. The van der Waals surface area contributed by atoms with Gasteiger partial charge in [0.2, 0.25) is 0 Å². The molecule has 5 heteroatoms. The van der Waals surface area contributed by atoms with Gasteiger partial charge in [0.15, 0.2) is 0 Å². The van der Waals surface area contributed by atoms with Crippen molar-refractivity contribution in [2.75, 3.05) is 7.11 Å². The van der Waals surface area contributed by atoms with E-state index in [2.05, 4.69) is 11.3 Å². The predicted molar refractivity (Wildman–Crippen MR) is 54.5 cm³/mol. The highest BCUT2D eigenvalue weighted by Gasteiger charge is 2.15. The van der Waals surface area contributed by atoms with Crippen molar-refractivity contribution < 1.29 is 14.5 Å². The third-order valence-electron chi connectivity index (χ3n) is 1.87. The van der Waals surface area contributed by atoms with E-state index >= 15 is 0 Å². The lowest BCUT2D eigenvalue weighted by Crippen LogP contribution is -2.04. The number of rotatable bonds is 3. The third kappa shape index (κ3) is 2.19. The van der Waals surface area contributed by atoms with Crippen LogP contribution in [0.2, 0.25) is 0 Å². The molecule has 0 radical (unpaired) electrons. The van der Waals surface area contributed by atoms with Crippen molar-refractivity contribution in [1.82, 2.24) is 0 Å². The van der Waals surface area contributed by atoms with E-state index in [9.17, 15) is 14.9 Å². The van der Waals surface area contributed by atoms with Gasteiger partial charge in [-0.25, -0.2) is 4.79 Å². The first-order valence-corrected chi connectivity index (χ1v) is 4.09. The van der Waals surface area contributed by atoms with Crippen LogP contribution in [0.5, 0.6) is 0 Å². The number of nitro benzene ring substituents is 1. The Morgan fingerprint density at radius 3 is 2.73 bits per heavy atom. The first-order valence-electron chi connectivity index (χ1n) is 4.09. The van der Waals surface area contributed by atoms with E-state index in [4.69, 9.17) is 0 Å². The molecule has 0 N–H and O–H groups in total. The van der Waals surface area contributed by atoms with Crippen LogP contribution in [0, 0.1) is 10.1 Å². The molecule has 5 nitrogen and oxygen atoms in total. The highest BCUT2D eigenvalue weighted by molar-refractivity contribution is 5.94. The molecule has 0 aliphatic heterocycles. The molecule has 0 amide bonds. The summed E-state index contributed by atoms with van der Waals surface area (Å²) in [4.78, 5) is 21.2. The number of nitrogens with zero attached hydrogens (tertiary/aromatic N) is 1. The summed E-state index contributed by atoms with van der Waals surface area (Å²) in [6, 6.07) is 3.93. The molecule has 0 saturated heterocycles. The topological polar surface area (TPSA) is 69.4 Å². The lowest BCUT2D eigenvalue weighted by atomic mass is 10.1. The normalized spacial score (nSPS) is 9.40. The zero-order valence-electron chi connectivity index (χ0n) is 8.10. The number of hydrogen-bond donors (Lipinski definition) is 0. The molecule has 0 saturated carbocycles. The summed E-state index contributed by atoms with van der Waals surface area (Å²) in [5.74, 6) is -0.617. The van der Waals surface area contributed by atoms with Crippen LogP contribution in [0.3, 0.4) is 0 Å². The summed E-state index contributed by atoms with van der Waals surface area (Å²) >= 11 is 0. The SMILES string of the molecule is C=Cc1ccc([N+](=O)[O-])cc1C(=O)OC. The van der Waals surface area contributed by atoms with Crippen LogP contribution in [0.4, 0.5) is 5.69 Å². The summed E-state index contributed by atoms with van der Waals surface area (Å²) < 4.78 is 4.50. The van der Waals surface area contributed by atoms with E-state index in [0.29, 0.717) is 5.56 Å². The molecule has 0 aromatic heterocycles. The van der Waals surface area contributed by atoms with Crippen molar-refractivity contribution in [2.24, 2.45) is 0 Å². The van der Waals surface area contributed by atoms with Gasteiger partial charge in [0.25, 0.3) is 5.69 Å². The minimum absolute atomic E-state index is 0.140. The molecular weight excluding hydrogens is 198 g/mol. The number of hydrogen-bond acceptors (Lipinski definition) is 4. The number of carbonyl (C=O) groups is 1. The molecule has 0 aliphatic carbocycles. The van der Waals surface area contributed by atoms with Gasteiger partial charge in [-0.2, -0.15) is 0 Å². The Balaban J connectivity index is 3.31. The van der Waals surface area contributed by atoms with Gasteiger partial charge in [-0.15, -0.1) is 0 Å². The molecule has 0 atom stereocenters. The molecule has 1 rings (SSSR count). The zero-order chi connectivity index (χ0) is 11.4. The van der Waals surface area contributed by atoms with Gasteiger partial charge in [0, 0.05) is 12.1 Å². The average Bonchev–Trinajstić information content (AvgIpc) is 2.27. The van der Waals surface area contributed by atoms with Gasteiger partial charge < -0.3 is 4.74 Å². The summed E-state index contributed by atoms with van der Waals surface area (Å²) in [6.45, 7) is 3.51. The first kappa shape index (κ1) is 10.9. The van der Waals surface area contributed by atoms with Gasteiger partial charge in [0.05, 0.1) is 17.6 Å². The van der Waals surface area contributed by atoms with Crippen molar-refractivity contribution in [3.05, 3.63) is 46.0 Å². The van der Waals surface area contributed by atoms with Crippen LogP contribution in [0.1, 0.15) is 15.9 Å². The lowest BCUT2D eigenvalue weighted by Gasteiger charge is -2.03. The lowest BCUT2D eigenvalue weighted by molar-refractivity contribution is -0.384. The van der Waals surface area contributed by atoms with Gasteiger partial charge in [-0.3, -0.25) is 10.1 Å². The largest absolute Gasteiger partial charge is 0.465 e. The van der Waals surface area contributed by atoms with Crippen LogP contribution in [0.15, 0.2) is 24.8 Å². The van der Waals surface area contributed by atoms with Gasteiger partial charge in [0.1, 0.15) is 0 Å². The monoisotopic (exact) mass is 207 g/mol. The second-order valence-electron chi connectivity index (χ2n) is 2.72. The van der Waals surface area contributed by atoms with Crippen LogP contribution < -0.4 is 0 Å². The molecule has 0 bridgehead atoms. The molecule has 1 aromatic rings. The number of benzene rings is 1. The fraction of sp³-hybridized carbons (Fsp3) is 0.100. The Bertz CT molecular complexity index is 425. The maximum Gasteiger partial charge on any atom is 0.338 e. The molecule has 0 fully saturated rings. The molecule has 1 aromatic carbocycles. The Labute approximate surface area is 86.1 Å². The second kappa shape index (κ2) is 4.36. The smallest absolute Gasteiger partial charge is 0.338 e. The second-order valence-corrected chi connectivity index (χ2v) is 2.72. The Morgan fingerprint density at radius 2 is 2.27 bits per heavy atom. The highest BCUT2D eigenvalue weighted by Crippen LogP contribution is 2.19.